The van der Waals surface area contributed by atoms with Crippen LogP contribution in [-0.2, 0) is 11.2 Å². The molecule has 0 radical (unpaired) electrons. The van der Waals surface area contributed by atoms with Gasteiger partial charge in [0.25, 0.3) is 0 Å². The number of methoxy groups -OCH3 is 1. The maximum absolute atomic E-state index is 12.3. The molecule has 9 heteroatoms. The lowest BCUT2D eigenvalue weighted by Gasteiger charge is -2.09. The summed E-state index contributed by atoms with van der Waals surface area (Å²) in [6.45, 7) is 0.483. The molecule has 4 N–H and O–H groups in total. The van der Waals surface area contributed by atoms with Crippen molar-refractivity contribution in [2.24, 2.45) is 5.92 Å². The van der Waals surface area contributed by atoms with Crippen LogP contribution < -0.4 is 15.4 Å². The molecule has 0 spiro atoms. The van der Waals surface area contributed by atoms with Crippen LogP contribution in [0.25, 0.3) is 0 Å². The topological polar surface area (TPSA) is 129 Å². The molecule has 0 bridgehead atoms. The number of carbonyl (C=O) groups is 2. The normalized spacial score (nSPS) is 18.6. The lowest BCUT2D eigenvalue weighted by atomic mass is 9.99. The molecule has 2 heterocycles. The van der Waals surface area contributed by atoms with Crippen LogP contribution in [0.15, 0.2) is 24.4 Å². The monoisotopic (exact) mass is 387 g/mol. The van der Waals surface area contributed by atoms with Gasteiger partial charge in [0.2, 0.25) is 11.8 Å². The van der Waals surface area contributed by atoms with E-state index in [4.69, 9.17) is 9.84 Å². The first-order valence-electron chi connectivity index (χ1n) is 9.34. The van der Waals surface area contributed by atoms with Crippen LogP contribution in [-0.4, -0.2) is 45.9 Å². The Kier molecular flexibility index (Phi) is 6.46. The molecule has 0 aromatic carbocycles. The third kappa shape index (κ3) is 5.45. The average Bonchev–Trinajstić information content (AvgIpc) is 3.31. The van der Waals surface area contributed by atoms with Crippen LogP contribution in [0.4, 0.5) is 10.6 Å². The molecule has 28 heavy (non-hydrogen) atoms. The molecule has 1 saturated carbocycles. The highest BCUT2D eigenvalue weighted by Crippen LogP contribution is 2.39. The Morgan fingerprint density at radius 3 is 3.00 bits per heavy atom. The fourth-order valence-corrected chi connectivity index (χ4v) is 3.66. The van der Waals surface area contributed by atoms with E-state index in [1.54, 1.807) is 18.3 Å². The van der Waals surface area contributed by atoms with E-state index in [-0.39, 0.29) is 12.3 Å². The average molecular weight is 387 g/mol. The van der Waals surface area contributed by atoms with E-state index in [1.807, 2.05) is 6.07 Å². The summed E-state index contributed by atoms with van der Waals surface area (Å²) in [6, 6.07) is 5.39. The van der Waals surface area contributed by atoms with Crippen molar-refractivity contribution in [3.8, 4) is 5.88 Å². The third-order valence-electron chi connectivity index (χ3n) is 5.05. The Morgan fingerprint density at radius 1 is 1.36 bits per heavy atom. The Balaban J connectivity index is 1.48. The SMILES string of the molecule is COc1cc(CC(=O)Nc2cc([C@H]3CC[C@@H](CCNC(=O)O)C3)[nH]n2)ccn1. The lowest BCUT2D eigenvalue weighted by Crippen LogP contribution is -2.23. The molecular weight excluding hydrogens is 362 g/mol. The van der Waals surface area contributed by atoms with Gasteiger partial charge in [-0.15, -0.1) is 0 Å². The first-order chi connectivity index (χ1) is 13.5. The van der Waals surface area contributed by atoms with Crippen LogP contribution in [0.2, 0.25) is 0 Å². The summed E-state index contributed by atoms with van der Waals surface area (Å²) in [7, 11) is 1.54. The Morgan fingerprint density at radius 2 is 2.21 bits per heavy atom. The quantitative estimate of drug-likeness (QED) is 0.551. The number of H-pyrrole nitrogens is 1. The van der Waals surface area contributed by atoms with Crippen molar-refractivity contribution in [2.75, 3.05) is 19.0 Å². The highest BCUT2D eigenvalue weighted by Gasteiger charge is 2.27. The lowest BCUT2D eigenvalue weighted by molar-refractivity contribution is -0.115. The van der Waals surface area contributed by atoms with Crippen LogP contribution in [0.3, 0.4) is 0 Å². The summed E-state index contributed by atoms with van der Waals surface area (Å²) in [5, 5.41) is 21.1. The van der Waals surface area contributed by atoms with Crippen LogP contribution in [0.1, 0.15) is 42.9 Å². The van der Waals surface area contributed by atoms with Gasteiger partial charge in [-0.1, -0.05) is 0 Å². The standard InChI is InChI=1S/C19H25N5O4/c1-28-18-10-13(5-6-20-18)9-17(25)22-16-11-15(23-24-16)14-3-2-12(8-14)4-7-21-19(26)27/h5-6,10-12,14,21H,2-4,7-9H2,1H3,(H,26,27)(H2,22,23,24,25)/t12-,14-/m0/s1. The summed E-state index contributed by atoms with van der Waals surface area (Å²) >= 11 is 0. The second-order valence-electron chi connectivity index (χ2n) is 7.04. The largest absolute Gasteiger partial charge is 0.481 e. The molecule has 1 aliphatic rings. The zero-order chi connectivity index (χ0) is 19.9. The number of aromatic nitrogens is 3. The molecule has 2 amide bonds. The Labute approximate surface area is 162 Å². The van der Waals surface area contributed by atoms with E-state index < -0.39 is 6.09 Å². The van der Waals surface area contributed by atoms with Gasteiger partial charge in [-0.25, -0.2) is 9.78 Å². The number of carboxylic acid groups (broad SMARTS) is 1. The second kappa shape index (κ2) is 9.20. The minimum absolute atomic E-state index is 0.157. The number of ether oxygens (including phenoxy) is 1. The van der Waals surface area contributed by atoms with Crippen molar-refractivity contribution in [1.29, 1.82) is 0 Å². The molecule has 2 aromatic rings. The first kappa shape index (κ1) is 19.7. The van der Waals surface area contributed by atoms with E-state index in [2.05, 4.69) is 25.8 Å². The van der Waals surface area contributed by atoms with Gasteiger partial charge in [0, 0.05) is 36.5 Å². The number of rotatable bonds is 8. The molecule has 1 fully saturated rings. The van der Waals surface area contributed by atoms with Gasteiger partial charge in [0.1, 0.15) is 0 Å². The number of hydrogen-bond donors (Lipinski definition) is 4. The number of anilines is 1. The van der Waals surface area contributed by atoms with Gasteiger partial charge in [-0.2, -0.15) is 5.10 Å². The van der Waals surface area contributed by atoms with E-state index in [9.17, 15) is 9.59 Å². The smallest absolute Gasteiger partial charge is 0.404 e. The Bertz CT molecular complexity index is 822. The van der Waals surface area contributed by atoms with E-state index in [1.165, 1.54) is 7.11 Å². The van der Waals surface area contributed by atoms with Crippen molar-refractivity contribution < 1.29 is 19.4 Å². The molecule has 9 nitrogen and oxygen atoms in total. The van der Waals surface area contributed by atoms with Gasteiger partial charge >= 0.3 is 6.09 Å². The Hall–Kier alpha value is -3.10. The molecule has 0 aliphatic heterocycles. The van der Waals surface area contributed by atoms with Crippen molar-refractivity contribution in [2.45, 2.75) is 38.0 Å². The summed E-state index contributed by atoms with van der Waals surface area (Å²) in [4.78, 5) is 26.8. The van der Waals surface area contributed by atoms with Gasteiger partial charge in [-0.05, 0) is 43.2 Å². The van der Waals surface area contributed by atoms with Gasteiger partial charge < -0.3 is 20.5 Å². The summed E-state index contributed by atoms with van der Waals surface area (Å²) < 4.78 is 5.07. The molecular formula is C19H25N5O4. The number of amides is 2. The number of aromatic amines is 1. The molecule has 0 unspecified atom stereocenters. The predicted octanol–water partition coefficient (Wildman–Crippen LogP) is 2.54. The molecule has 2 atom stereocenters. The van der Waals surface area contributed by atoms with Crippen LogP contribution >= 0.6 is 0 Å². The van der Waals surface area contributed by atoms with Crippen molar-refractivity contribution in [1.82, 2.24) is 20.5 Å². The van der Waals surface area contributed by atoms with Gasteiger partial charge in [0.05, 0.1) is 13.5 Å². The summed E-state index contributed by atoms with van der Waals surface area (Å²) in [6.07, 6.45) is 4.78. The number of nitrogens with zero attached hydrogens (tertiary/aromatic N) is 2. The second-order valence-corrected chi connectivity index (χ2v) is 7.04. The minimum Gasteiger partial charge on any atom is -0.481 e. The summed E-state index contributed by atoms with van der Waals surface area (Å²) in [5.41, 5.74) is 1.82. The molecule has 1 aliphatic carbocycles. The van der Waals surface area contributed by atoms with Crippen LogP contribution in [0, 0.1) is 5.92 Å². The van der Waals surface area contributed by atoms with E-state index in [0.29, 0.717) is 30.1 Å². The fourth-order valence-electron chi connectivity index (χ4n) is 3.66. The maximum atomic E-state index is 12.3. The highest BCUT2D eigenvalue weighted by molar-refractivity contribution is 5.91. The van der Waals surface area contributed by atoms with Crippen LogP contribution in [0.5, 0.6) is 5.88 Å². The number of nitrogens with one attached hydrogen (secondary N) is 3. The zero-order valence-corrected chi connectivity index (χ0v) is 15.8. The van der Waals surface area contributed by atoms with Crippen molar-refractivity contribution >= 4 is 17.8 Å². The fraction of sp³-hybridized carbons (Fsp3) is 0.474. The number of pyridine rings is 1. The number of hydrogen-bond acceptors (Lipinski definition) is 5. The molecule has 150 valence electrons. The maximum Gasteiger partial charge on any atom is 0.404 e. The molecule has 2 aromatic heterocycles. The summed E-state index contributed by atoms with van der Waals surface area (Å²) in [5.74, 6) is 1.69. The minimum atomic E-state index is -0.978. The molecule has 3 rings (SSSR count). The van der Waals surface area contributed by atoms with E-state index in [0.717, 1.165) is 36.9 Å². The zero-order valence-electron chi connectivity index (χ0n) is 15.8. The van der Waals surface area contributed by atoms with E-state index >= 15 is 0 Å². The molecule has 0 saturated heterocycles. The first-order valence-corrected chi connectivity index (χ1v) is 9.34. The van der Waals surface area contributed by atoms with Crippen molar-refractivity contribution in [3.63, 3.8) is 0 Å². The van der Waals surface area contributed by atoms with Gasteiger partial charge in [-0.3, -0.25) is 9.89 Å². The third-order valence-corrected chi connectivity index (χ3v) is 5.05. The number of carbonyl (C=O) groups excluding carboxylic acids is 1. The van der Waals surface area contributed by atoms with Crippen molar-refractivity contribution in [3.05, 3.63) is 35.7 Å². The van der Waals surface area contributed by atoms with Gasteiger partial charge in [0.15, 0.2) is 5.82 Å². The highest BCUT2D eigenvalue weighted by atomic mass is 16.5. The predicted molar refractivity (Wildman–Crippen MR) is 102 cm³/mol.